The topological polar surface area (TPSA) is 61.4 Å². The van der Waals surface area contributed by atoms with Gasteiger partial charge >= 0.3 is 0 Å². The Bertz CT molecular complexity index is 298. The SMILES string of the molecule is Cl.O=S(=O)(NC1CCNCC1)N1CCCC1. The van der Waals surface area contributed by atoms with Crippen LogP contribution in [0.1, 0.15) is 25.7 Å². The van der Waals surface area contributed by atoms with Gasteiger partial charge in [0.25, 0.3) is 10.2 Å². The average Bonchev–Trinajstić information content (AvgIpc) is 2.71. The Labute approximate surface area is 104 Å². The number of nitrogens with zero attached hydrogens (tertiary/aromatic N) is 1. The first-order valence-electron chi connectivity index (χ1n) is 5.66. The van der Waals surface area contributed by atoms with Gasteiger partial charge in [-0.1, -0.05) is 0 Å². The third-order valence-electron chi connectivity index (χ3n) is 3.06. The van der Waals surface area contributed by atoms with E-state index in [0.29, 0.717) is 13.1 Å². The molecule has 0 amide bonds. The number of nitrogens with one attached hydrogen (secondary N) is 2. The monoisotopic (exact) mass is 269 g/mol. The molecule has 2 saturated heterocycles. The van der Waals surface area contributed by atoms with Gasteiger partial charge in [-0.05, 0) is 38.8 Å². The summed E-state index contributed by atoms with van der Waals surface area (Å²) in [6, 6.07) is 0.122. The highest BCUT2D eigenvalue weighted by Gasteiger charge is 2.28. The van der Waals surface area contributed by atoms with Gasteiger partial charge in [0.05, 0.1) is 0 Å². The van der Waals surface area contributed by atoms with E-state index in [4.69, 9.17) is 0 Å². The second-order valence-corrected chi connectivity index (χ2v) is 5.96. The summed E-state index contributed by atoms with van der Waals surface area (Å²) in [5, 5.41) is 3.22. The molecule has 0 aliphatic carbocycles. The highest BCUT2D eigenvalue weighted by Crippen LogP contribution is 2.13. The van der Waals surface area contributed by atoms with Crippen LogP contribution in [-0.4, -0.2) is 44.9 Å². The average molecular weight is 270 g/mol. The molecule has 2 fully saturated rings. The molecule has 0 aromatic carbocycles. The van der Waals surface area contributed by atoms with E-state index in [1.165, 1.54) is 0 Å². The first-order valence-corrected chi connectivity index (χ1v) is 7.10. The van der Waals surface area contributed by atoms with E-state index in [0.717, 1.165) is 38.8 Å². The third-order valence-corrected chi connectivity index (χ3v) is 4.74. The predicted octanol–water partition coefficient (Wildman–Crippen LogP) is 0.0904. The lowest BCUT2D eigenvalue weighted by Gasteiger charge is -2.26. The minimum absolute atomic E-state index is 0. The van der Waals surface area contributed by atoms with Crippen LogP contribution >= 0.6 is 12.4 Å². The zero-order valence-electron chi connectivity index (χ0n) is 9.31. The molecule has 2 N–H and O–H groups in total. The van der Waals surface area contributed by atoms with Gasteiger partial charge in [-0.15, -0.1) is 12.4 Å². The fourth-order valence-electron chi connectivity index (χ4n) is 2.15. The van der Waals surface area contributed by atoms with Crippen molar-refractivity contribution in [2.24, 2.45) is 0 Å². The number of hydrogen-bond acceptors (Lipinski definition) is 3. The van der Waals surface area contributed by atoms with Crippen molar-refractivity contribution in [3.8, 4) is 0 Å². The van der Waals surface area contributed by atoms with Gasteiger partial charge in [0.2, 0.25) is 0 Å². The standard InChI is InChI=1S/C9H19N3O2S.ClH/c13-15(14,12-7-1-2-8-12)11-9-3-5-10-6-4-9;/h9-11H,1-8H2;1H. The predicted molar refractivity (Wildman–Crippen MR) is 66.0 cm³/mol. The van der Waals surface area contributed by atoms with Crippen LogP contribution in [0.2, 0.25) is 0 Å². The van der Waals surface area contributed by atoms with Crippen LogP contribution in [0.4, 0.5) is 0 Å². The lowest BCUT2D eigenvalue weighted by Crippen LogP contribution is -2.47. The Hall–Kier alpha value is 0.120. The van der Waals surface area contributed by atoms with Gasteiger partial charge < -0.3 is 5.32 Å². The Balaban J connectivity index is 0.00000128. The van der Waals surface area contributed by atoms with Crippen molar-refractivity contribution < 1.29 is 8.42 Å². The van der Waals surface area contributed by atoms with Gasteiger partial charge in [-0.25, -0.2) is 0 Å². The Morgan fingerprint density at radius 2 is 1.69 bits per heavy atom. The maximum absolute atomic E-state index is 11.9. The maximum atomic E-state index is 11.9. The summed E-state index contributed by atoms with van der Waals surface area (Å²) < 4.78 is 28.2. The molecule has 0 aromatic heterocycles. The van der Waals surface area contributed by atoms with Crippen LogP contribution in [-0.2, 0) is 10.2 Å². The Kier molecular flexibility index (Phi) is 5.46. The molecule has 16 heavy (non-hydrogen) atoms. The summed E-state index contributed by atoms with van der Waals surface area (Å²) in [6.45, 7) is 3.18. The molecule has 0 radical (unpaired) electrons. The molecule has 0 aromatic rings. The van der Waals surface area contributed by atoms with E-state index in [-0.39, 0.29) is 18.4 Å². The highest BCUT2D eigenvalue weighted by molar-refractivity contribution is 7.87. The lowest BCUT2D eigenvalue weighted by atomic mass is 10.1. The largest absolute Gasteiger partial charge is 0.317 e. The fourth-order valence-corrected chi connectivity index (χ4v) is 3.70. The molecule has 0 spiro atoms. The Morgan fingerprint density at radius 1 is 1.12 bits per heavy atom. The highest BCUT2D eigenvalue weighted by atomic mass is 35.5. The van der Waals surface area contributed by atoms with Crippen molar-refractivity contribution >= 4 is 22.6 Å². The Morgan fingerprint density at radius 3 is 2.25 bits per heavy atom. The van der Waals surface area contributed by atoms with Crippen molar-refractivity contribution in [3.05, 3.63) is 0 Å². The van der Waals surface area contributed by atoms with Crippen molar-refractivity contribution in [3.63, 3.8) is 0 Å². The van der Waals surface area contributed by atoms with E-state index in [2.05, 4.69) is 10.0 Å². The summed E-state index contributed by atoms with van der Waals surface area (Å²) in [4.78, 5) is 0. The summed E-state index contributed by atoms with van der Waals surface area (Å²) in [5.41, 5.74) is 0. The summed E-state index contributed by atoms with van der Waals surface area (Å²) in [7, 11) is -3.20. The molecule has 0 saturated carbocycles. The minimum atomic E-state index is -3.20. The zero-order chi connectivity index (χ0) is 10.7. The van der Waals surface area contributed by atoms with Crippen LogP contribution in [0, 0.1) is 0 Å². The van der Waals surface area contributed by atoms with E-state index < -0.39 is 10.2 Å². The minimum Gasteiger partial charge on any atom is -0.317 e. The van der Waals surface area contributed by atoms with Gasteiger partial charge in [-0.2, -0.15) is 17.4 Å². The van der Waals surface area contributed by atoms with Gasteiger partial charge in [-0.3, -0.25) is 0 Å². The normalized spacial score (nSPS) is 24.2. The number of rotatable bonds is 3. The second-order valence-electron chi connectivity index (χ2n) is 4.25. The first-order chi connectivity index (χ1) is 7.18. The van der Waals surface area contributed by atoms with Crippen molar-refractivity contribution in [2.45, 2.75) is 31.7 Å². The molecular formula is C9H20ClN3O2S. The van der Waals surface area contributed by atoms with Crippen LogP contribution in [0.3, 0.4) is 0 Å². The van der Waals surface area contributed by atoms with Gasteiger partial charge in [0.1, 0.15) is 0 Å². The molecule has 2 aliphatic heterocycles. The van der Waals surface area contributed by atoms with Crippen LogP contribution in [0.15, 0.2) is 0 Å². The number of piperidine rings is 1. The van der Waals surface area contributed by atoms with Gasteiger partial charge in [0.15, 0.2) is 0 Å². The number of halogens is 1. The van der Waals surface area contributed by atoms with Crippen LogP contribution in [0.25, 0.3) is 0 Å². The summed E-state index contributed by atoms with van der Waals surface area (Å²) >= 11 is 0. The summed E-state index contributed by atoms with van der Waals surface area (Å²) in [6.07, 6.45) is 3.78. The molecule has 0 bridgehead atoms. The molecule has 2 heterocycles. The van der Waals surface area contributed by atoms with E-state index in [1.807, 2.05) is 0 Å². The zero-order valence-corrected chi connectivity index (χ0v) is 10.9. The molecule has 7 heteroatoms. The molecule has 2 aliphatic rings. The van der Waals surface area contributed by atoms with Crippen molar-refractivity contribution in [2.75, 3.05) is 26.2 Å². The van der Waals surface area contributed by atoms with Crippen molar-refractivity contribution in [1.29, 1.82) is 0 Å². The molecule has 5 nitrogen and oxygen atoms in total. The molecule has 2 rings (SSSR count). The lowest BCUT2D eigenvalue weighted by molar-refractivity contribution is 0.403. The van der Waals surface area contributed by atoms with Crippen LogP contribution < -0.4 is 10.0 Å². The summed E-state index contributed by atoms with van der Waals surface area (Å²) in [5.74, 6) is 0. The quantitative estimate of drug-likeness (QED) is 0.764. The van der Waals surface area contributed by atoms with E-state index in [1.54, 1.807) is 4.31 Å². The van der Waals surface area contributed by atoms with E-state index in [9.17, 15) is 8.42 Å². The smallest absolute Gasteiger partial charge is 0.279 e. The van der Waals surface area contributed by atoms with Gasteiger partial charge in [0, 0.05) is 19.1 Å². The third kappa shape index (κ3) is 3.56. The molecule has 0 atom stereocenters. The van der Waals surface area contributed by atoms with E-state index >= 15 is 0 Å². The van der Waals surface area contributed by atoms with Crippen LogP contribution in [0.5, 0.6) is 0 Å². The molecule has 0 unspecified atom stereocenters. The maximum Gasteiger partial charge on any atom is 0.279 e. The van der Waals surface area contributed by atoms with Crippen molar-refractivity contribution in [1.82, 2.24) is 14.3 Å². The molecule has 96 valence electrons. The second kappa shape index (κ2) is 6.16. The molecular weight excluding hydrogens is 250 g/mol. The fraction of sp³-hybridized carbons (Fsp3) is 1.00. The first kappa shape index (κ1) is 14.2. The number of hydrogen-bond donors (Lipinski definition) is 2.